The number of rotatable bonds is 2. The summed E-state index contributed by atoms with van der Waals surface area (Å²) in [5.41, 5.74) is 1.31. The lowest BCUT2D eigenvalue weighted by Crippen LogP contribution is -2.39. The molecule has 2 atom stereocenters. The Morgan fingerprint density at radius 3 is 2.42 bits per heavy atom. The van der Waals surface area contributed by atoms with Gasteiger partial charge in [-0.1, -0.05) is 42.1 Å². The molecule has 0 unspecified atom stereocenters. The number of hydrogen-bond acceptors (Lipinski definition) is 2. The molecule has 0 bridgehead atoms. The van der Waals surface area contributed by atoms with E-state index in [9.17, 15) is 5.11 Å². The SMILES string of the molecule is O[C@@H]1CNC[C@@H]1C1(c2ccc(Cl)c(Cl)c2)CCCC1. The highest BCUT2D eigenvalue weighted by molar-refractivity contribution is 6.42. The van der Waals surface area contributed by atoms with Crippen molar-refractivity contribution in [1.29, 1.82) is 0 Å². The van der Waals surface area contributed by atoms with Gasteiger partial charge in [0.25, 0.3) is 0 Å². The zero-order valence-corrected chi connectivity index (χ0v) is 12.3. The smallest absolute Gasteiger partial charge is 0.0713 e. The van der Waals surface area contributed by atoms with E-state index in [0.29, 0.717) is 16.6 Å². The Labute approximate surface area is 124 Å². The summed E-state index contributed by atoms with van der Waals surface area (Å²) in [7, 11) is 0. The molecule has 2 aliphatic rings. The van der Waals surface area contributed by atoms with E-state index >= 15 is 0 Å². The maximum absolute atomic E-state index is 10.3. The number of aliphatic hydroxyl groups is 1. The number of nitrogens with one attached hydrogen (secondary N) is 1. The fourth-order valence-corrected chi connectivity index (χ4v) is 4.21. The van der Waals surface area contributed by atoms with Gasteiger partial charge < -0.3 is 10.4 Å². The Hall–Kier alpha value is -0.280. The van der Waals surface area contributed by atoms with Gasteiger partial charge in [0.2, 0.25) is 0 Å². The lowest BCUT2D eigenvalue weighted by atomic mass is 9.67. The molecule has 19 heavy (non-hydrogen) atoms. The first-order valence-electron chi connectivity index (χ1n) is 6.98. The third-order valence-corrected chi connectivity index (χ3v) is 5.62. The lowest BCUT2D eigenvalue weighted by Gasteiger charge is -2.37. The molecule has 4 heteroatoms. The monoisotopic (exact) mass is 299 g/mol. The predicted octanol–water partition coefficient (Wildman–Crippen LogP) is 3.39. The van der Waals surface area contributed by atoms with Crippen molar-refractivity contribution >= 4 is 23.2 Å². The Kier molecular flexibility index (Phi) is 3.78. The highest BCUT2D eigenvalue weighted by Crippen LogP contribution is 2.49. The fourth-order valence-electron chi connectivity index (χ4n) is 3.91. The second-order valence-corrected chi connectivity index (χ2v) is 6.64. The van der Waals surface area contributed by atoms with Gasteiger partial charge in [0, 0.05) is 24.4 Å². The number of aliphatic hydroxyl groups excluding tert-OH is 1. The van der Waals surface area contributed by atoms with E-state index in [4.69, 9.17) is 23.2 Å². The van der Waals surface area contributed by atoms with Crippen molar-refractivity contribution in [3.63, 3.8) is 0 Å². The summed E-state index contributed by atoms with van der Waals surface area (Å²) in [5.74, 6) is 0.284. The molecule has 1 aromatic carbocycles. The number of hydrogen-bond donors (Lipinski definition) is 2. The van der Waals surface area contributed by atoms with Crippen molar-refractivity contribution in [2.75, 3.05) is 13.1 Å². The maximum atomic E-state index is 10.3. The normalized spacial score (nSPS) is 29.8. The topological polar surface area (TPSA) is 32.3 Å². The van der Waals surface area contributed by atoms with Crippen LogP contribution in [0, 0.1) is 5.92 Å². The van der Waals surface area contributed by atoms with Gasteiger partial charge in [-0.3, -0.25) is 0 Å². The van der Waals surface area contributed by atoms with E-state index in [1.807, 2.05) is 12.1 Å². The van der Waals surface area contributed by atoms with E-state index in [1.54, 1.807) is 0 Å². The molecule has 1 aromatic rings. The first-order valence-corrected chi connectivity index (χ1v) is 7.73. The second kappa shape index (κ2) is 5.25. The summed E-state index contributed by atoms with van der Waals surface area (Å²) < 4.78 is 0. The van der Waals surface area contributed by atoms with Crippen LogP contribution < -0.4 is 5.32 Å². The average molecular weight is 300 g/mol. The van der Waals surface area contributed by atoms with E-state index in [-0.39, 0.29) is 17.4 Å². The van der Waals surface area contributed by atoms with Gasteiger partial charge in [-0.15, -0.1) is 0 Å². The molecule has 1 saturated heterocycles. The van der Waals surface area contributed by atoms with Crippen LogP contribution in [-0.2, 0) is 5.41 Å². The second-order valence-electron chi connectivity index (χ2n) is 5.82. The van der Waals surface area contributed by atoms with Crippen LogP contribution >= 0.6 is 23.2 Å². The molecule has 0 spiro atoms. The minimum Gasteiger partial charge on any atom is -0.391 e. The van der Waals surface area contributed by atoms with Crippen LogP contribution in [0.5, 0.6) is 0 Å². The van der Waals surface area contributed by atoms with Crippen LogP contribution in [0.2, 0.25) is 10.0 Å². The first kappa shape index (κ1) is 13.7. The molecule has 2 fully saturated rings. The Balaban J connectivity index is 2.02. The zero-order chi connectivity index (χ0) is 13.5. The molecule has 1 saturated carbocycles. The third-order valence-electron chi connectivity index (χ3n) is 4.88. The fraction of sp³-hybridized carbons (Fsp3) is 0.600. The average Bonchev–Trinajstić information content (AvgIpc) is 3.02. The van der Waals surface area contributed by atoms with Gasteiger partial charge >= 0.3 is 0 Å². The van der Waals surface area contributed by atoms with Gasteiger partial charge in [-0.05, 0) is 30.5 Å². The van der Waals surface area contributed by atoms with Gasteiger partial charge in [0.05, 0.1) is 16.1 Å². The molecule has 0 amide bonds. The van der Waals surface area contributed by atoms with Crippen LogP contribution in [0.1, 0.15) is 31.2 Å². The summed E-state index contributed by atoms with van der Waals surface area (Å²) in [6.07, 6.45) is 4.46. The van der Waals surface area contributed by atoms with Crippen molar-refractivity contribution in [3.05, 3.63) is 33.8 Å². The van der Waals surface area contributed by atoms with Crippen molar-refractivity contribution in [1.82, 2.24) is 5.32 Å². The standard InChI is InChI=1S/C15H19Cl2NO/c16-12-4-3-10(7-13(12)17)15(5-1-2-6-15)11-8-18-9-14(11)19/h3-4,7,11,14,18-19H,1-2,5-6,8-9H2/t11-,14+/m0/s1. The van der Waals surface area contributed by atoms with Gasteiger partial charge in [0.15, 0.2) is 0 Å². The van der Waals surface area contributed by atoms with Crippen LogP contribution in [0.4, 0.5) is 0 Å². The maximum Gasteiger partial charge on any atom is 0.0713 e. The predicted molar refractivity (Wildman–Crippen MR) is 79.0 cm³/mol. The van der Waals surface area contributed by atoms with Crippen LogP contribution in [0.25, 0.3) is 0 Å². The molecule has 3 rings (SSSR count). The summed E-state index contributed by atoms with van der Waals surface area (Å²) in [4.78, 5) is 0. The Bertz CT molecular complexity index is 471. The summed E-state index contributed by atoms with van der Waals surface area (Å²) >= 11 is 12.2. The molecule has 104 valence electrons. The van der Waals surface area contributed by atoms with E-state index < -0.39 is 0 Å². The van der Waals surface area contributed by atoms with E-state index in [0.717, 1.165) is 19.4 Å². The minimum absolute atomic E-state index is 0.0666. The van der Waals surface area contributed by atoms with Crippen LogP contribution in [-0.4, -0.2) is 24.3 Å². The molecular weight excluding hydrogens is 281 g/mol. The largest absolute Gasteiger partial charge is 0.391 e. The van der Waals surface area contributed by atoms with Crippen molar-refractivity contribution in [2.45, 2.75) is 37.2 Å². The molecule has 2 N–H and O–H groups in total. The quantitative estimate of drug-likeness (QED) is 0.877. The minimum atomic E-state index is -0.257. The van der Waals surface area contributed by atoms with Gasteiger partial charge in [0.1, 0.15) is 0 Å². The van der Waals surface area contributed by atoms with E-state index in [1.165, 1.54) is 18.4 Å². The number of halogens is 2. The zero-order valence-electron chi connectivity index (χ0n) is 10.8. The van der Waals surface area contributed by atoms with Gasteiger partial charge in [-0.25, -0.2) is 0 Å². The van der Waals surface area contributed by atoms with Crippen molar-refractivity contribution in [2.24, 2.45) is 5.92 Å². The summed E-state index contributed by atoms with van der Waals surface area (Å²) in [6.45, 7) is 1.59. The highest BCUT2D eigenvalue weighted by atomic mass is 35.5. The lowest BCUT2D eigenvalue weighted by molar-refractivity contribution is 0.0960. The summed E-state index contributed by atoms with van der Waals surface area (Å²) in [6, 6.07) is 5.97. The molecule has 1 aliphatic carbocycles. The molecule has 0 radical (unpaired) electrons. The van der Waals surface area contributed by atoms with Crippen LogP contribution in [0.15, 0.2) is 18.2 Å². The summed E-state index contributed by atoms with van der Waals surface area (Å²) in [5, 5.41) is 14.8. The van der Waals surface area contributed by atoms with Crippen molar-refractivity contribution < 1.29 is 5.11 Å². The molecular formula is C15H19Cl2NO. The Morgan fingerprint density at radius 2 is 1.84 bits per heavy atom. The number of β-amino-alcohol motifs (C(OH)–C–C–N with tert-alkyl or cyclic N) is 1. The molecule has 2 nitrogen and oxygen atoms in total. The molecule has 1 heterocycles. The van der Waals surface area contributed by atoms with E-state index in [2.05, 4.69) is 11.4 Å². The molecule has 0 aromatic heterocycles. The first-order chi connectivity index (χ1) is 9.13. The third kappa shape index (κ3) is 2.29. The van der Waals surface area contributed by atoms with Gasteiger partial charge in [-0.2, -0.15) is 0 Å². The Morgan fingerprint density at radius 1 is 1.11 bits per heavy atom. The van der Waals surface area contributed by atoms with Crippen molar-refractivity contribution in [3.8, 4) is 0 Å². The van der Waals surface area contributed by atoms with Crippen LogP contribution in [0.3, 0.4) is 0 Å². The number of benzene rings is 1. The highest BCUT2D eigenvalue weighted by Gasteiger charge is 2.47. The molecule has 1 aliphatic heterocycles.